The third-order valence-electron chi connectivity index (χ3n) is 2.48. The van der Waals surface area contributed by atoms with E-state index in [-0.39, 0.29) is 5.69 Å². The van der Waals surface area contributed by atoms with Gasteiger partial charge in [0, 0.05) is 4.47 Å². The molecule has 0 bridgehead atoms. The molecule has 0 amide bonds. The lowest BCUT2D eigenvalue weighted by Gasteiger charge is -2.11. The van der Waals surface area contributed by atoms with Gasteiger partial charge in [0.1, 0.15) is 0 Å². The number of hydrogen-bond acceptors (Lipinski definition) is 2. The fraction of sp³-hybridized carbons (Fsp3) is 0.0714. The van der Waals surface area contributed by atoms with Crippen LogP contribution in [0.4, 0.5) is 18.9 Å². The van der Waals surface area contributed by atoms with E-state index < -0.39 is 11.7 Å². The Kier molecular flexibility index (Phi) is 4.44. The van der Waals surface area contributed by atoms with Gasteiger partial charge in [0.2, 0.25) is 0 Å². The summed E-state index contributed by atoms with van der Waals surface area (Å²) in [5.41, 5.74) is 2.37. The number of benzene rings is 2. The SMILES string of the molecule is FC(F)(F)c1ccccc1N/N=C\c1cccc(Br)c1. The van der Waals surface area contributed by atoms with Crippen LogP contribution in [-0.4, -0.2) is 6.21 Å². The van der Waals surface area contributed by atoms with E-state index in [1.807, 2.05) is 12.1 Å². The summed E-state index contributed by atoms with van der Waals surface area (Å²) in [5.74, 6) is 0. The van der Waals surface area contributed by atoms with E-state index in [4.69, 9.17) is 0 Å². The second-order valence-electron chi connectivity index (χ2n) is 3.97. The summed E-state index contributed by atoms with van der Waals surface area (Å²) in [6.45, 7) is 0. The van der Waals surface area contributed by atoms with E-state index in [2.05, 4.69) is 26.5 Å². The third kappa shape index (κ3) is 3.84. The highest BCUT2D eigenvalue weighted by Gasteiger charge is 2.33. The second kappa shape index (κ2) is 6.09. The molecule has 104 valence electrons. The fourth-order valence-corrected chi connectivity index (χ4v) is 2.01. The maximum atomic E-state index is 12.8. The molecule has 20 heavy (non-hydrogen) atoms. The molecule has 0 saturated heterocycles. The summed E-state index contributed by atoms with van der Waals surface area (Å²) in [5, 5.41) is 3.83. The number of anilines is 1. The third-order valence-corrected chi connectivity index (χ3v) is 2.97. The van der Waals surface area contributed by atoms with Crippen LogP contribution < -0.4 is 5.43 Å². The first-order valence-electron chi connectivity index (χ1n) is 5.68. The van der Waals surface area contributed by atoms with E-state index in [0.717, 1.165) is 16.1 Å². The first-order valence-corrected chi connectivity index (χ1v) is 6.47. The Bertz CT molecular complexity index is 624. The molecule has 0 aliphatic heterocycles. The van der Waals surface area contributed by atoms with Crippen LogP contribution in [0, 0.1) is 0 Å². The predicted octanol–water partition coefficient (Wildman–Crippen LogP) is 4.91. The van der Waals surface area contributed by atoms with Crippen LogP contribution in [0.25, 0.3) is 0 Å². The van der Waals surface area contributed by atoms with Crippen molar-refractivity contribution in [3.8, 4) is 0 Å². The number of nitrogens with one attached hydrogen (secondary N) is 1. The minimum Gasteiger partial charge on any atom is -0.278 e. The van der Waals surface area contributed by atoms with Crippen LogP contribution >= 0.6 is 15.9 Å². The zero-order chi connectivity index (χ0) is 14.6. The van der Waals surface area contributed by atoms with Gasteiger partial charge in [-0.1, -0.05) is 40.2 Å². The average Bonchev–Trinajstić information content (AvgIpc) is 2.38. The molecular formula is C14H10BrF3N2. The molecule has 0 unspecified atom stereocenters. The number of hydrazone groups is 1. The van der Waals surface area contributed by atoms with Crippen molar-refractivity contribution in [1.82, 2.24) is 0 Å². The van der Waals surface area contributed by atoms with Gasteiger partial charge in [0.25, 0.3) is 0 Å². The van der Waals surface area contributed by atoms with E-state index >= 15 is 0 Å². The van der Waals surface area contributed by atoms with Crippen molar-refractivity contribution in [3.05, 3.63) is 64.1 Å². The van der Waals surface area contributed by atoms with Crippen LogP contribution in [0.5, 0.6) is 0 Å². The molecule has 2 nitrogen and oxygen atoms in total. The second-order valence-corrected chi connectivity index (χ2v) is 4.88. The van der Waals surface area contributed by atoms with Gasteiger partial charge in [0.15, 0.2) is 0 Å². The van der Waals surface area contributed by atoms with Gasteiger partial charge in [-0.15, -0.1) is 0 Å². The smallest absolute Gasteiger partial charge is 0.278 e. The van der Waals surface area contributed by atoms with Crippen molar-refractivity contribution >= 4 is 27.8 Å². The molecule has 0 heterocycles. The Morgan fingerprint density at radius 2 is 1.80 bits per heavy atom. The van der Waals surface area contributed by atoms with Gasteiger partial charge in [-0.3, -0.25) is 5.43 Å². The van der Waals surface area contributed by atoms with Gasteiger partial charge >= 0.3 is 6.18 Å². The van der Waals surface area contributed by atoms with Crippen LogP contribution in [0.2, 0.25) is 0 Å². The van der Waals surface area contributed by atoms with Crippen molar-refractivity contribution in [2.45, 2.75) is 6.18 Å². The molecule has 0 fully saturated rings. The largest absolute Gasteiger partial charge is 0.418 e. The minimum atomic E-state index is -4.41. The normalized spacial score (nSPS) is 11.8. The molecule has 2 aromatic carbocycles. The zero-order valence-electron chi connectivity index (χ0n) is 10.2. The van der Waals surface area contributed by atoms with Crippen molar-refractivity contribution in [2.75, 3.05) is 5.43 Å². The quantitative estimate of drug-likeness (QED) is 0.621. The van der Waals surface area contributed by atoms with E-state index in [1.54, 1.807) is 12.1 Å². The van der Waals surface area contributed by atoms with Crippen LogP contribution in [-0.2, 0) is 6.18 Å². The molecule has 0 aromatic heterocycles. The Balaban J connectivity index is 2.16. The molecular weight excluding hydrogens is 333 g/mol. The number of para-hydroxylation sites is 1. The van der Waals surface area contributed by atoms with Crippen LogP contribution in [0.3, 0.4) is 0 Å². The number of nitrogens with zero attached hydrogens (tertiary/aromatic N) is 1. The zero-order valence-corrected chi connectivity index (χ0v) is 11.7. The van der Waals surface area contributed by atoms with Gasteiger partial charge in [-0.05, 0) is 29.8 Å². The highest BCUT2D eigenvalue weighted by Crippen LogP contribution is 2.34. The van der Waals surface area contributed by atoms with Crippen molar-refractivity contribution < 1.29 is 13.2 Å². The van der Waals surface area contributed by atoms with E-state index in [9.17, 15) is 13.2 Å². The summed E-state index contributed by atoms with van der Waals surface area (Å²) in [6, 6.07) is 12.5. The Morgan fingerprint density at radius 1 is 1.05 bits per heavy atom. The number of halogens is 4. The Labute approximate surface area is 122 Å². The monoisotopic (exact) mass is 342 g/mol. The fourth-order valence-electron chi connectivity index (χ4n) is 1.59. The van der Waals surface area contributed by atoms with Crippen molar-refractivity contribution in [1.29, 1.82) is 0 Å². The highest BCUT2D eigenvalue weighted by molar-refractivity contribution is 9.10. The average molecular weight is 343 g/mol. The summed E-state index contributed by atoms with van der Waals surface area (Å²) < 4.78 is 39.1. The lowest BCUT2D eigenvalue weighted by atomic mass is 10.2. The number of hydrogen-bond donors (Lipinski definition) is 1. The molecule has 0 atom stereocenters. The first kappa shape index (κ1) is 14.6. The molecule has 0 radical (unpaired) electrons. The van der Waals surface area contributed by atoms with Crippen molar-refractivity contribution in [2.24, 2.45) is 5.10 Å². The molecule has 0 aliphatic carbocycles. The molecule has 2 aromatic rings. The maximum absolute atomic E-state index is 12.8. The Hall–Kier alpha value is -1.82. The highest BCUT2D eigenvalue weighted by atomic mass is 79.9. The molecule has 1 N–H and O–H groups in total. The predicted molar refractivity (Wildman–Crippen MR) is 76.8 cm³/mol. The van der Waals surface area contributed by atoms with Gasteiger partial charge in [0.05, 0.1) is 17.5 Å². The lowest BCUT2D eigenvalue weighted by molar-refractivity contribution is -0.136. The van der Waals surface area contributed by atoms with Crippen LogP contribution in [0.1, 0.15) is 11.1 Å². The molecule has 0 spiro atoms. The number of rotatable bonds is 3. The first-order chi connectivity index (χ1) is 9.47. The van der Waals surface area contributed by atoms with E-state index in [1.165, 1.54) is 24.4 Å². The number of alkyl halides is 3. The summed E-state index contributed by atoms with van der Waals surface area (Å²) >= 11 is 3.31. The minimum absolute atomic E-state index is 0.0775. The topological polar surface area (TPSA) is 24.4 Å². The van der Waals surface area contributed by atoms with Gasteiger partial charge in [-0.25, -0.2) is 0 Å². The summed E-state index contributed by atoms with van der Waals surface area (Å²) in [4.78, 5) is 0. The van der Waals surface area contributed by atoms with Crippen LogP contribution in [0.15, 0.2) is 58.1 Å². The molecule has 2 rings (SSSR count). The summed E-state index contributed by atoms with van der Waals surface area (Å²) in [6.07, 6.45) is -2.95. The maximum Gasteiger partial charge on any atom is 0.418 e. The van der Waals surface area contributed by atoms with E-state index in [0.29, 0.717) is 0 Å². The standard InChI is InChI=1S/C14H10BrF3N2/c15-11-5-3-4-10(8-11)9-19-20-13-7-2-1-6-12(13)14(16,17)18/h1-9,20H/b19-9-. The van der Waals surface area contributed by atoms with Crippen molar-refractivity contribution in [3.63, 3.8) is 0 Å². The molecule has 0 aliphatic rings. The van der Waals surface area contributed by atoms with Gasteiger partial charge in [-0.2, -0.15) is 18.3 Å². The lowest BCUT2D eigenvalue weighted by Crippen LogP contribution is -2.08. The molecule has 0 saturated carbocycles. The van der Waals surface area contributed by atoms with Gasteiger partial charge < -0.3 is 0 Å². The summed E-state index contributed by atoms with van der Waals surface area (Å²) in [7, 11) is 0. The molecule has 6 heteroatoms. The Morgan fingerprint density at radius 3 is 2.50 bits per heavy atom.